The fraction of sp³-hybridized carbons (Fsp3) is 0.917. The maximum Gasteiger partial charge on any atom is 0.191 e. The van der Waals surface area contributed by atoms with E-state index in [9.17, 15) is 0 Å². The molecule has 1 saturated carbocycles. The average molecular weight is 339 g/mol. The molecule has 0 aromatic carbocycles. The average Bonchev–Trinajstić information content (AvgIpc) is 2.83. The quantitative estimate of drug-likeness (QED) is 0.459. The summed E-state index contributed by atoms with van der Waals surface area (Å²) < 4.78 is 0. The summed E-state index contributed by atoms with van der Waals surface area (Å²) in [6.07, 6.45) is 3.95. The number of halogens is 1. The van der Waals surface area contributed by atoms with Gasteiger partial charge in [-0.15, -0.1) is 24.0 Å². The SMILES string of the molecule is CCCC1CC1NC(=NCC)NC(C)C.I. The Balaban J connectivity index is 0.00000225. The molecule has 0 amide bonds. The molecule has 2 N–H and O–H groups in total. The van der Waals surface area contributed by atoms with Gasteiger partial charge in [0.05, 0.1) is 0 Å². The van der Waals surface area contributed by atoms with Crippen molar-refractivity contribution < 1.29 is 0 Å². The molecular formula is C12H26IN3. The summed E-state index contributed by atoms with van der Waals surface area (Å²) in [4.78, 5) is 4.43. The largest absolute Gasteiger partial charge is 0.354 e. The molecule has 2 unspecified atom stereocenters. The van der Waals surface area contributed by atoms with E-state index >= 15 is 0 Å². The first-order chi connectivity index (χ1) is 7.17. The summed E-state index contributed by atoms with van der Waals surface area (Å²) in [6, 6.07) is 1.12. The van der Waals surface area contributed by atoms with Crippen molar-refractivity contribution in [2.45, 2.75) is 59.0 Å². The minimum absolute atomic E-state index is 0. The zero-order chi connectivity index (χ0) is 11.3. The van der Waals surface area contributed by atoms with Crippen molar-refractivity contribution in [2.24, 2.45) is 10.9 Å². The fourth-order valence-electron chi connectivity index (χ4n) is 1.85. The summed E-state index contributed by atoms with van der Waals surface area (Å²) in [7, 11) is 0. The van der Waals surface area contributed by atoms with Gasteiger partial charge in [0.1, 0.15) is 0 Å². The van der Waals surface area contributed by atoms with E-state index in [1.165, 1.54) is 19.3 Å². The van der Waals surface area contributed by atoms with Crippen molar-refractivity contribution in [1.29, 1.82) is 0 Å². The van der Waals surface area contributed by atoms with Crippen LogP contribution in [0, 0.1) is 5.92 Å². The number of hydrogen-bond donors (Lipinski definition) is 2. The van der Waals surface area contributed by atoms with Gasteiger partial charge in [0.25, 0.3) is 0 Å². The van der Waals surface area contributed by atoms with Crippen molar-refractivity contribution in [3.8, 4) is 0 Å². The summed E-state index contributed by atoms with van der Waals surface area (Å²) in [6.45, 7) is 9.45. The van der Waals surface area contributed by atoms with E-state index in [-0.39, 0.29) is 24.0 Å². The monoisotopic (exact) mass is 339 g/mol. The van der Waals surface area contributed by atoms with E-state index < -0.39 is 0 Å². The third kappa shape index (κ3) is 5.92. The van der Waals surface area contributed by atoms with E-state index in [1.54, 1.807) is 0 Å². The van der Waals surface area contributed by atoms with Crippen LogP contribution in [0.3, 0.4) is 0 Å². The Morgan fingerprint density at radius 1 is 1.38 bits per heavy atom. The smallest absolute Gasteiger partial charge is 0.191 e. The number of nitrogens with zero attached hydrogens (tertiary/aromatic N) is 1. The van der Waals surface area contributed by atoms with Gasteiger partial charge >= 0.3 is 0 Å². The second-order valence-electron chi connectivity index (χ2n) is 4.66. The van der Waals surface area contributed by atoms with Crippen LogP contribution in [0.1, 0.15) is 47.0 Å². The van der Waals surface area contributed by atoms with Crippen LogP contribution in [0.25, 0.3) is 0 Å². The van der Waals surface area contributed by atoms with E-state index in [0.29, 0.717) is 12.1 Å². The van der Waals surface area contributed by atoms with Crippen LogP contribution in [0.4, 0.5) is 0 Å². The zero-order valence-corrected chi connectivity index (χ0v) is 13.2. The van der Waals surface area contributed by atoms with Crippen molar-refractivity contribution in [2.75, 3.05) is 6.54 Å². The molecule has 0 aromatic heterocycles. The summed E-state index contributed by atoms with van der Waals surface area (Å²) in [5.74, 6) is 1.86. The lowest BCUT2D eigenvalue weighted by atomic mass is 10.2. The van der Waals surface area contributed by atoms with Crippen LogP contribution >= 0.6 is 24.0 Å². The molecule has 0 aliphatic heterocycles. The van der Waals surface area contributed by atoms with Crippen LogP contribution in [-0.2, 0) is 0 Å². The number of aliphatic imine (C=N–C) groups is 1. The Kier molecular flexibility index (Phi) is 8.14. The molecule has 0 bridgehead atoms. The molecule has 0 radical (unpaired) electrons. The first kappa shape index (κ1) is 16.0. The third-order valence-electron chi connectivity index (χ3n) is 2.65. The molecule has 1 aliphatic carbocycles. The Morgan fingerprint density at radius 2 is 2.06 bits per heavy atom. The predicted octanol–water partition coefficient (Wildman–Crippen LogP) is 2.76. The van der Waals surface area contributed by atoms with E-state index in [1.807, 2.05) is 0 Å². The maximum atomic E-state index is 4.43. The van der Waals surface area contributed by atoms with E-state index in [0.717, 1.165) is 18.4 Å². The topological polar surface area (TPSA) is 36.4 Å². The zero-order valence-electron chi connectivity index (χ0n) is 10.9. The van der Waals surface area contributed by atoms with E-state index in [2.05, 4.69) is 43.3 Å². The first-order valence-electron chi connectivity index (χ1n) is 6.24. The number of rotatable bonds is 5. The molecule has 2 atom stereocenters. The lowest BCUT2D eigenvalue weighted by Crippen LogP contribution is -2.42. The number of hydrogen-bond acceptors (Lipinski definition) is 1. The molecule has 0 heterocycles. The molecule has 4 heteroatoms. The summed E-state index contributed by atoms with van der Waals surface area (Å²) >= 11 is 0. The maximum absolute atomic E-state index is 4.43. The van der Waals surface area contributed by atoms with Gasteiger partial charge in [0, 0.05) is 18.6 Å². The van der Waals surface area contributed by atoms with Gasteiger partial charge in [-0.2, -0.15) is 0 Å². The van der Waals surface area contributed by atoms with E-state index in [4.69, 9.17) is 0 Å². The molecule has 0 aromatic rings. The highest BCUT2D eigenvalue weighted by Gasteiger charge is 2.36. The minimum atomic E-state index is 0. The Morgan fingerprint density at radius 3 is 2.56 bits per heavy atom. The normalized spacial score (nSPS) is 23.9. The molecule has 96 valence electrons. The highest BCUT2D eigenvalue weighted by atomic mass is 127. The van der Waals surface area contributed by atoms with Crippen LogP contribution < -0.4 is 10.6 Å². The van der Waals surface area contributed by atoms with Crippen LogP contribution in [0.15, 0.2) is 4.99 Å². The highest BCUT2D eigenvalue weighted by molar-refractivity contribution is 14.0. The van der Waals surface area contributed by atoms with Gasteiger partial charge < -0.3 is 10.6 Å². The van der Waals surface area contributed by atoms with Crippen LogP contribution in [-0.4, -0.2) is 24.6 Å². The van der Waals surface area contributed by atoms with Gasteiger partial charge in [0.15, 0.2) is 5.96 Å². The van der Waals surface area contributed by atoms with Crippen molar-refractivity contribution in [3.63, 3.8) is 0 Å². The Hall–Kier alpha value is 0. The standard InChI is InChI=1S/C12H25N3.HI/c1-5-7-10-8-11(10)15-12(13-6-2)14-9(3)4;/h9-11H,5-8H2,1-4H3,(H2,13,14,15);1H. The van der Waals surface area contributed by atoms with Gasteiger partial charge in [0.2, 0.25) is 0 Å². The molecule has 1 rings (SSSR count). The Labute approximate surface area is 117 Å². The van der Waals surface area contributed by atoms with Gasteiger partial charge in [-0.1, -0.05) is 13.3 Å². The molecule has 1 aliphatic rings. The van der Waals surface area contributed by atoms with Crippen LogP contribution in [0.5, 0.6) is 0 Å². The first-order valence-corrected chi connectivity index (χ1v) is 6.24. The molecule has 0 saturated heterocycles. The predicted molar refractivity (Wildman–Crippen MR) is 81.6 cm³/mol. The molecule has 0 spiro atoms. The molecular weight excluding hydrogens is 313 g/mol. The number of nitrogens with one attached hydrogen (secondary N) is 2. The third-order valence-corrected chi connectivity index (χ3v) is 2.65. The fourth-order valence-corrected chi connectivity index (χ4v) is 1.85. The summed E-state index contributed by atoms with van der Waals surface area (Å²) in [5, 5.41) is 6.85. The highest BCUT2D eigenvalue weighted by Crippen LogP contribution is 2.34. The minimum Gasteiger partial charge on any atom is -0.354 e. The van der Waals surface area contributed by atoms with Crippen molar-refractivity contribution in [1.82, 2.24) is 10.6 Å². The summed E-state index contributed by atoms with van der Waals surface area (Å²) in [5.41, 5.74) is 0. The second-order valence-corrected chi connectivity index (χ2v) is 4.66. The van der Waals surface area contributed by atoms with Gasteiger partial charge in [-0.05, 0) is 39.5 Å². The second kappa shape index (κ2) is 8.14. The van der Waals surface area contributed by atoms with Crippen molar-refractivity contribution in [3.05, 3.63) is 0 Å². The Bertz CT molecular complexity index is 216. The lowest BCUT2D eigenvalue weighted by Gasteiger charge is -2.14. The number of guanidine groups is 1. The molecule has 16 heavy (non-hydrogen) atoms. The van der Waals surface area contributed by atoms with Crippen molar-refractivity contribution >= 4 is 29.9 Å². The lowest BCUT2D eigenvalue weighted by molar-refractivity contribution is 0.642. The van der Waals surface area contributed by atoms with Crippen LogP contribution in [0.2, 0.25) is 0 Å². The van der Waals surface area contributed by atoms with Gasteiger partial charge in [-0.3, -0.25) is 4.99 Å². The van der Waals surface area contributed by atoms with Gasteiger partial charge in [-0.25, -0.2) is 0 Å². The molecule has 1 fully saturated rings. The molecule has 3 nitrogen and oxygen atoms in total.